The molecule has 1 aliphatic heterocycles. The SMILES string of the molecule is O=C1c2oc3ccc(F)cc3c(=O)c2C(c2ccc(F)cc2)N1c1ccccn1. The summed E-state index contributed by atoms with van der Waals surface area (Å²) in [5.74, 6) is -1.40. The second-order valence-electron chi connectivity index (χ2n) is 6.63. The number of benzene rings is 2. The normalized spacial score (nSPS) is 15.7. The topological polar surface area (TPSA) is 63.4 Å². The van der Waals surface area contributed by atoms with Gasteiger partial charge in [-0.05, 0) is 48.0 Å². The maximum atomic E-state index is 13.7. The lowest BCUT2D eigenvalue weighted by molar-refractivity contribution is 0.0970. The molecule has 0 N–H and O–H groups in total. The quantitative estimate of drug-likeness (QED) is 0.514. The van der Waals surface area contributed by atoms with Crippen molar-refractivity contribution in [1.29, 1.82) is 0 Å². The Kier molecular flexibility index (Phi) is 3.77. The number of carbonyl (C=O) groups excluding carboxylic acids is 1. The van der Waals surface area contributed by atoms with Crippen LogP contribution in [0.1, 0.15) is 27.7 Å². The molecule has 0 spiro atoms. The molecule has 0 radical (unpaired) electrons. The van der Waals surface area contributed by atoms with E-state index in [2.05, 4.69) is 4.98 Å². The Morgan fingerprint density at radius 2 is 1.69 bits per heavy atom. The highest BCUT2D eigenvalue weighted by molar-refractivity contribution is 6.10. The zero-order valence-corrected chi connectivity index (χ0v) is 14.8. The molecule has 1 amide bonds. The van der Waals surface area contributed by atoms with Crippen molar-refractivity contribution in [3.8, 4) is 0 Å². The van der Waals surface area contributed by atoms with E-state index in [9.17, 15) is 18.4 Å². The Morgan fingerprint density at radius 1 is 0.931 bits per heavy atom. The molecule has 0 saturated heterocycles. The average molecular weight is 390 g/mol. The van der Waals surface area contributed by atoms with Crippen LogP contribution >= 0.6 is 0 Å². The maximum absolute atomic E-state index is 13.7. The summed E-state index contributed by atoms with van der Waals surface area (Å²) < 4.78 is 32.9. The monoisotopic (exact) mass is 390 g/mol. The molecule has 1 aliphatic rings. The molecule has 7 heteroatoms. The lowest BCUT2D eigenvalue weighted by Gasteiger charge is -2.24. The first-order valence-corrected chi connectivity index (χ1v) is 8.81. The van der Waals surface area contributed by atoms with Crippen LogP contribution < -0.4 is 10.3 Å². The molecule has 0 bridgehead atoms. The highest BCUT2D eigenvalue weighted by atomic mass is 19.1. The molecule has 4 aromatic rings. The number of pyridine rings is 1. The third-order valence-electron chi connectivity index (χ3n) is 4.91. The number of halogens is 2. The van der Waals surface area contributed by atoms with Crippen LogP contribution in [0, 0.1) is 11.6 Å². The third-order valence-corrected chi connectivity index (χ3v) is 4.91. The van der Waals surface area contributed by atoms with Gasteiger partial charge in [0.15, 0.2) is 5.43 Å². The van der Waals surface area contributed by atoms with E-state index in [0.717, 1.165) is 12.1 Å². The Bertz CT molecular complexity index is 1320. The summed E-state index contributed by atoms with van der Waals surface area (Å²) in [6, 6.07) is 13.2. The molecule has 5 nitrogen and oxygen atoms in total. The van der Waals surface area contributed by atoms with Crippen LogP contribution in [0.3, 0.4) is 0 Å². The molecule has 2 aromatic heterocycles. The number of fused-ring (bicyclic) bond motifs is 2. The molecule has 2 aromatic carbocycles. The lowest BCUT2D eigenvalue weighted by Crippen LogP contribution is -2.30. The fraction of sp³-hybridized carbons (Fsp3) is 0.0455. The zero-order valence-electron chi connectivity index (χ0n) is 14.8. The van der Waals surface area contributed by atoms with Gasteiger partial charge in [0.1, 0.15) is 23.0 Å². The Balaban J connectivity index is 1.83. The second-order valence-corrected chi connectivity index (χ2v) is 6.63. The highest BCUT2D eigenvalue weighted by Gasteiger charge is 2.44. The van der Waals surface area contributed by atoms with Crippen LogP contribution in [0.5, 0.6) is 0 Å². The maximum Gasteiger partial charge on any atom is 0.296 e. The number of amides is 1. The molecule has 5 rings (SSSR count). The van der Waals surface area contributed by atoms with Gasteiger partial charge < -0.3 is 4.42 Å². The van der Waals surface area contributed by atoms with E-state index in [1.165, 1.54) is 41.4 Å². The third kappa shape index (κ3) is 2.62. The number of hydrogen-bond donors (Lipinski definition) is 0. The van der Waals surface area contributed by atoms with Crippen molar-refractivity contribution >= 4 is 22.7 Å². The smallest absolute Gasteiger partial charge is 0.296 e. The summed E-state index contributed by atoms with van der Waals surface area (Å²) in [4.78, 5) is 32.0. The Morgan fingerprint density at radius 3 is 2.41 bits per heavy atom. The van der Waals surface area contributed by atoms with E-state index < -0.39 is 29.0 Å². The van der Waals surface area contributed by atoms with Crippen LogP contribution in [0.15, 0.2) is 76.1 Å². The standard InChI is InChI=1S/C22H12F2N2O3/c23-13-6-4-12(5-7-13)19-18-20(27)15-11-14(24)8-9-16(15)29-21(18)22(28)26(19)17-3-1-2-10-25-17/h1-11,19H. The molecule has 142 valence electrons. The van der Waals surface area contributed by atoms with E-state index in [-0.39, 0.29) is 22.3 Å². The fourth-order valence-electron chi connectivity index (χ4n) is 3.64. The van der Waals surface area contributed by atoms with Crippen LogP contribution in [-0.2, 0) is 0 Å². The van der Waals surface area contributed by atoms with Gasteiger partial charge in [-0.2, -0.15) is 0 Å². The average Bonchev–Trinajstić information content (AvgIpc) is 3.03. The predicted molar refractivity (Wildman–Crippen MR) is 102 cm³/mol. The summed E-state index contributed by atoms with van der Waals surface area (Å²) in [6.45, 7) is 0. The van der Waals surface area contributed by atoms with E-state index >= 15 is 0 Å². The van der Waals surface area contributed by atoms with Crippen molar-refractivity contribution in [1.82, 2.24) is 4.98 Å². The van der Waals surface area contributed by atoms with Crippen molar-refractivity contribution in [2.24, 2.45) is 0 Å². The van der Waals surface area contributed by atoms with Gasteiger partial charge in [-0.1, -0.05) is 18.2 Å². The van der Waals surface area contributed by atoms with Crippen LogP contribution in [0.2, 0.25) is 0 Å². The molecule has 0 fully saturated rings. The van der Waals surface area contributed by atoms with Gasteiger partial charge in [-0.15, -0.1) is 0 Å². The van der Waals surface area contributed by atoms with Crippen molar-refractivity contribution in [3.05, 3.63) is 106 Å². The predicted octanol–water partition coefficient (Wildman–Crippen LogP) is 4.22. The van der Waals surface area contributed by atoms with E-state index in [0.29, 0.717) is 11.4 Å². The highest BCUT2D eigenvalue weighted by Crippen LogP contribution is 2.40. The van der Waals surface area contributed by atoms with Crippen molar-refractivity contribution < 1.29 is 18.0 Å². The number of hydrogen-bond acceptors (Lipinski definition) is 4. The summed E-state index contributed by atoms with van der Waals surface area (Å²) in [5, 5.41) is 0.0338. The molecular formula is C22H12F2N2O3. The molecule has 0 saturated carbocycles. The minimum Gasteiger partial charge on any atom is -0.450 e. The van der Waals surface area contributed by atoms with Crippen molar-refractivity contribution in [3.63, 3.8) is 0 Å². The molecule has 1 atom stereocenters. The Hall–Kier alpha value is -3.87. The lowest BCUT2D eigenvalue weighted by atomic mass is 9.98. The molecule has 29 heavy (non-hydrogen) atoms. The van der Waals surface area contributed by atoms with E-state index in [4.69, 9.17) is 4.42 Å². The fourth-order valence-corrected chi connectivity index (χ4v) is 3.64. The number of anilines is 1. The van der Waals surface area contributed by atoms with Crippen LogP contribution in [0.25, 0.3) is 11.0 Å². The van der Waals surface area contributed by atoms with Crippen LogP contribution in [-0.4, -0.2) is 10.9 Å². The van der Waals surface area contributed by atoms with Gasteiger partial charge in [0.05, 0.1) is 17.0 Å². The minimum absolute atomic E-state index is 0.0338. The van der Waals surface area contributed by atoms with E-state index in [1.807, 2.05) is 0 Å². The molecule has 0 aliphatic carbocycles. The van der Waals surface area contributed by atoms with Gasteiger partial charge in [-0.3, -0.25) is 14.5 Å². The Labute approximate surface area is 162 Å². The molecular weight excluding hydrogens is 378 g/mol. The largest absolute Gasteiger partial charge is 0.450 e. The number of aromatic nitrogens is 1. The van der Waals surface area contributed by atoms with Gasteiger partial charge in [0, 0.05) is 6.20 Å². The first kappa shape index (κ1) is 17.2. The van der Waals surface area contributed by atoms with Crippen molar-refractivity contribution in [2.45, 2.75) is 6.04 Å². The summed E-state index contributed by atoms with van der Waals surface area (Å²) in [5.41, 5.74) is 0.184. The van der Waals surface area contributed by atoms with Gasteiger partial charge in [0.2, 0.25) is 5.76 Å². The number of carbonyl (C=O) groups is 1. The van der Waals surface area contributed by atoms with Gasteiger partial charge in [-0.25, -0.2) is 13.8 Å². The first-order chi connectivity index (χ1) is 14.0. The zero-order chi connectivity index (χ0) is 20.1. The van der Waals surface area contributed by atoms with Crippen molar-refractivity contribution in [2.75, 3.05) is 4.90 Å². The summed E-state index contributed by atoms with van der Waals surface area (Å²) in [7, 11) is 0. The molecule has 3 heterocycles. The minimum atomic E-state index is -0.878. The second kappa shape index (κ2) is 6.34. The van der Waals surface area contributed by atoms with E-state index in [1.54, 1.807) is 18.2 Å². The number of rotatable bonds is 2. The first-order valence-electron chi connectivity index (χ1n) is 8.81. The van der Waals surface area contributed by atoms with Gasteiger partial charge in [0.25, 0.3) is 5.91 Å². The van der Waals surface area contributed by atoms with Crippen LogP contribution in [0.4, 0.5) is 14.6 Å². The summed E-state index contributed by atoms with van der Waals surface area (Å²) >= 11 is 0. The summed E-state index contributed by atoms with van der Waals surface area (Å²) in [6.07, 6.45) is 1.52. The molecule has 1 unspecified atom stereocenters. The van der Waals surface area contributed by atoms with Gasteiger partial charge >= 0.3 is 0 Å². The number of nitrogens with zero attached hydrogens (tertiary/aromatic N) is 2.